The maximum Gasteiger partial charge on any atom is 0.208 e. The van der Waals surface area contributed by atoms with Gasteiger partial charge in [-0.2, -0.15) is 0 Å². The first kappa shape index (κ1) is 13.7. The Morgan fingerprint density at radius 2 is 1.05 bits per heavy atom. The van der Waals surface area contributed by atoms with Crippen molar-refractivity contribution in [2.45, 2.75) is 25.9 Å². The standard InChI is InChI=1S/C19H20N2/c1-16(18-9-5-3-6-10-18)20-13-14-21(15-20)17(2)19-11-7-4-8-12-19/h3-14,16-17H,1-2H3. The van der Waals surface area contributed by atoms with Crippen LogP contribution in [-0.2, 0) is 0 Å². The molecule has 2 unspecified atom stereocenters. The molecule has 1 aliphatic rings. The predicted octanol–water partition coefficient (Wildman–Crippen LogP) is 4.59. The topological polar surface area (TPSA) is 6.48 Å². The lowest BCUT2D eigenvalue weighted by Crippen LogP contribution is -2.24. The first-order valence-corrected chi connectivity index (χ1v) is 7.37. The van der Waals surface area contributed by atoms with Crippen molar-refractivity contribution >= 4 is 0 Å². The molecule has 0 fully saturated rings. The van der Waals surface area contributed by atoms with Crippen LogP contribution in [0.15, 0.2) is 73.1 Å². The van der Waals surface area contributed by atoms with Gasteiger partial charge in [-0.05, 0) is 25.0 Å². The van der Waals surface area contributed by atoms with Crippen LogP contribution in [0.3, 0.4) is 0 Å². The fraction of sp³-hybridized carbons (Fsp3) is 0.211. The molecule has 21 heavy (non-hydrogen) atoms. The number of benzene rings is 2. The molecule has 1 aliphatic heterocycles. The summed E-state index contributed by atoms with van der Waals surface area (Å²) in [7, 11) is 0. The fourth-order valence-electron chi connectivity index (χ4n) is 2.56. The molecule has 0 saturated heterocycles. The third-order valence-electron chi connectivity index (χ3n) is 4.02. The Hall–Kier alpha value is -2.22. The molecule has 0 aromatic heterocycles. The Morgan fingerprint density at radius 3 is 1.43 bits per heavy atom. The Labute approximate surface area is 127 Å². The van der Waals surface area contributed by atoms with Gasteiger partial charge in [0.1, 0.15) is 0 Å². The molecule has 0 amide bonds. The molecule has 2 atom stereocenters. The normalized spacial score (nSPS) is 17.0. The minimum Gasteiger partial charge on any atom is -0.339 e. The van der Waals surface area contributed by atoms with Gasteiger partial charge in [-0.15, -0.1) is 0 Å². The molecule has 106 valence electrons. The minimum absolute atomic E-state index is 0.287. The van der Waals surface area contributed by atoms with Gasteiger partial charge in [0.05, 0.1) is 12.1 Å². The highest BCUT2D eigenvalue weighted by molar-refractivity contribution is 5.23. The van der Waals surface area contributed by atoms with E-state index < -0.39 is 0 Å². The van der Waals surface area contributed by atoms with Crippen LogP contribution >= 0.6 is 0 Å². The average Bonchev–Trinajstić information content (AvgIpc) is 3.05. The van der Waals surface area contributed by atoms with Crippen LogP contribution in [0.4, 0.5) is 0 Å². The molecule has 2 aromatic rings. The van der Waals surface area contributed by atoms with Gasteiger partial charge in [-0.3, -0.25) is 0 Å². The van der Waals surface area contributed by atoms with Crippen molar-refractivity contribution in [3.05, 3.63) is 90.9 Å². The van der Waals surface area contributed by atoms with E-state index in [9.17, 15) is 0 Å². The van der Waals surface area contributed by atoms with E-state index in [1.165, 1.54) is 11.1 Å². The summed E-state index contributed by atoms with van der Waals surface area (Å²) in [5.41, 5.74) is 2.59. The predicted molar refractivity (Wildman–Crippen MR) is 85.8 cm³/mol. The number of nitrogens with zero attached hydrogens (tertiary/aromatic N) is 2. The zero-order chi connectivity index (χ0) is 14.7. The summed E-state index contributed by atoms with van der Waals surface area (Å²) >= 11 is 0. The maximum absolute atomic E-state index is 3.44. The number of rotatable bonds is 4. The summed E-state index contributed by atoms with van der Waals surface area (Å²) in [5.74, 6) is 0. The minimum atomic E-state index is 0.287. The molecule has 0 N–H and O–H groups in total. The van der Waals surface area contributed by atoms with Gasteiger partial charge >= 0.3 is 0 Å². The van der Waals surface area contributed by atoms with Gasteiger partial charge in [0.2, 0.25) is 6.67 Å². The molecular formula is C19H20N2. The summed E-state index contributed by atoms with van der Waals surface area (Å²) in [6.45, 7) is 7.84. The van der Waals surface area contributed by atoms with E-state index in [1.54, 1.807) is 0 Å². The molecule has 0 saturated carbocycles. The van der Waals surface area contributed by atoms with Crippen LogP contribution in [0, 0.1) is 6.67 Å². The summed E-state index contributed by atoms with van der Waals surface area (Å²) in [4.78, 5) is 4.27. The SMILES string of the molecule is CC(c1ccccc1)N1[C]N(C(C)c2ccccc2)C=C1. The Kier molecular flexibility index (Phi) is 3.96. The molecule has 2 radical (unpaired) electrons. The molecule has 0 aliphatic carbocycles. The lowest BCUT2D eigenvalue weighted by atomic mass is 10.1. The third kappa shape index (κ3) is 2.94. The van der Waals surface area contributed by atoms with Crippen molar-refractivity contribution in [3.63, 3.8) is 0 Å². The molecule has 2 heteroatoms. The summed E-state index contributed by atoms with van der Waals surface area (Å²) < 4.78 is 0. The quantitative estimate of drug-likeness (QED) is 0.805. The highest BCUT2D eigenvalue weighted by Crippen LogP contribution is 2.31. The van der Waals surface area contributed by atoms with E-state index in [-0.39, 0.29) is 12.1 Å². The lowest BCUT2D eigenvalue weighted by Gasteiger charge is -2.28. The van der Waals surface area contributed by atoms with E-state index in [2.05, 4.69) is 91.2 Å². The molecule has 2 aromatic carbocycles. The lowest BCUT2D eigenvalue weighted by molar-refractivity contribution is 0.259. The highest BCUT2D eigenvalue weighted by Gasteiger charge is 2.24. The van der Waals surface area contributed by atoms with Crippen LogP contribution in [0.2, 0.25) is 0 Å². The second kappa shape index (κ2) is 6.04. The van der Waals surface area contributed by atoms with Crippen LogP contribution in [-0.4, -0.2) is 9.80 Å². The van der Waals surface area contributed by atoms with E-state index in [1.807, 2.05) is 12.1 Å². The van der Waals surface area contributed by atoms with Gasteiger partial charge in [0, 0.05) is 12.4 Å². The average molecular weight is 276 g/mol. The zero-order valence-electron chi connectivity index (χ0n) is 12.5. The summed E-state index contributed by atoms with van der Waals surface area (Å²) in [5, 5.41) is 0. The fourth-order valence-corrected chi connectivity index (χ4v) is 2.56. The van der Waals surface area contributed by atoms with Crippen LogP contribution in [0.5, 0.6) is 0 Å². The first-order chi connectivity index (χ1) is 10.3. The Morgan fingerprint density at radius 1 is 0.667 bits per heavy atom. The van der Waals surface area contributed by atoms with Crippen molar-refractivity contribution in [2.24, 2.45) is 0 Å². The summed E-state index contributed by atoms with van der Waals surface area (Å²) in [6.07, 6.45) is 4.19. The monoisotopic (exact) mass is 276 g/mol. The number of hydrogen-bond donors (Lipinski definition) is 0. The molecule has 3 rings (SSSR count). The van der Waals surface area contributed by atoms with E-state index >= 15 is 0 Å². The van der Waals surface area contributed by atoms with Gasteiger partial charge in [-0.25, -0.2) is 0 Å². The summed E-state index contributed by atoms with van der Waals surface area (Å²) in [6, 6.07) is 21.6. The van der Waals surface area contributed by atoms with E-state index in [0.717, 1.165) is 0 Å². The molecule has 0 spiro atoms. The largest absolute Gasteiger partial charge is 0.339 e. The maximum atomic E-state index is 3.44. The van der Waals surface area contributed by atoms with Gasteiger partial charge in [0.25, 0.3) is 0 Å². The van der Waals surface area contributed by atoms with Crippen molar-refractivity contribution in [3.8, 4) is 0 Å². The molecular weight excluding hydrogens is 256 g/mol. The molecule has 1 heterocycles. The number of hydrogen-bond acceptors (Lipinski definition) is 2. The van der Waals surface area contributed by atoms with Crippen molar-refractivity contribution < 1.29 is 0 Å². The van der Waals surface area contributed by atoms with Crippen LogP contribution in [0.1, 0.15) is 37.1 Å². The van der Waals surface area contributed by atoms with Crippen LogP contribution in [0.25, 0.3) is 0 Å². The van der Waals surface area contributed by atoms with Gasteiger partial charge in [-0.1, -0.05) is 60.7 Å². The Bertz CT molecular complexity index is 538. The second-order valence-corrected chi connectivity index (χ2v) is 5.39. The second-order valence-electron chi connectivity index (χ2n) is 5.39. The van der Waals surface area contributed by atoms with Gasteiger partial charge in [0.15, 0.2) is 0 Å². The van der Waals surface area contributed by atoms with Crippen molar-refractivity contribution in [1.82, 2.24) is 9.80 Å². The van der Waals surface area contributed by atoms with E-state index in [4.69, 9.17) is 0 Å². The molecule has 2 nitrogen and oxygen atoms in total. The smallest absolute Gasteiger partial charge is 0.208 e. The Balaban J connectivity index is 1.68. The first-order valence-electron chi connectivity index (χ1n) is 7.37. The van der Waals surface area contributed by atoms with Crippen molar-refractivity contribution in [2.75, 3.05) is 0 Å². The van der Waals surface area contributed by atoms with E-state index in [0.29, 0.717) is 0 Å². The van der Waals surface area contributed by atoms with Crippen LogP contribution < -0.4 is 0 Å². The zero-order valence-corrected chi connectivity index (χ0v) is 12.5. The highest BCUT2D eigenvalue weighted by atomic mass is 15.4. The third-order valence-corrected chi connectivity index (χ3v) is 4.02. The van der Waals surface area contributed by atoms with Crippen molar-refractivity contribution in [1.29, 1.82) is 0 Å². The van der Waals surface area contributed by atoms with Gasteiger partial charge < -0.3 is 9.80 Å². The molecule has 0 bridgehead atoms.